The summed E-state index contributed by atoms with van der Waals surface area (Å²) in [4.78, 5) is 10.1. The van der Waals surface area contributed by atoms with Crippen molar-refractivity contribution in [1.82, 2.24) is 14.5 Å². The van der Waals surface area contributed by atoms with Gasteiger partial charge < -0.3 is 14.4 Å². The normalized spacial score (nSPS) is 19.3. The van der Waals surface area contributed by atoms with Crippen molar-refractivity contribution >= 4 is 29.1 Å². The van der Waals surface area contributed by atoms with E-state index in [4.69, 9.17) is 4.98 Å². The molecule has 2 saturated heterocycles. The van der Waals surface area contributed by atoms with Crippen LogP contribution in [0.15, 0.2) is 24.9 Å². The van der Waals surface area contributed by atoms with Gasteiger partial charge in [-0.05, 0) is 64.3 Å². The van der Waals surface area contributed by atoms with E-state index in [9.17, 15) is 0 Å². The zero-order chi connectivity index (χ0) is 18.1. The Bertz CT molecular complexity index is 783. The summed E-state index contributed by atoms with van der Waals surface area (Å²) in [6.45, 7) is 14.1. The molecule has 0 unspecified atom stereocenters. The Hall–Kier alpha value is -1.52. The summed E-state index contributed by atoms with van der Waals surface area (Å²) < 4.78 is 2.39. The van der Waals surface area contributed by atoms with E-state index < -0.39 is 0 Å². The average molecular weight is 389 g/mol. The molecule has 0 amide bonds. The highest BCUT2D eigenvalue weighted by atomic mass is 35.5. The second kappa shape index (κ2) is 8.66. The number of anilines is 1. The Morgan fingerprint density at radius 2 is 1.81 bits per heavy atom. The van der Waals surface area contributed by atoms with Crippen molar-refractivity contribution in [2.75, 3.05) is 31.1 Å². The molecule has 4 nitrogen and oxygen atoms in total. The number of aryl methyl sites for hydroxylation is 1. The van der Waals surface area contributed by atoms with Gasteiger partial charge in [0.2, 0.25) is 0 Å². The lowest BCUT2D eigenvalue weighted by molar-refractivity contribution is 0.141. The van der Waals surface area contributed by atoms with E-state index in [1.54, 1.807) is 0 Å². The maximum Gasteiger partial charge on any atom is 0.153 e. The molecule has 0 spiro atoms. The molecule has 0 radical (unpaired) electrons. The van der Waals surface area contributed by atoms with E-state index in [2.05, 4.69) is 40.9 Å². The minimum atomic E-state index is 0. The van der Waals surface area contributed by atoms with Crippen molar-refractivity contribution in [3.63, 3.8) is 0 Å². The Balaban J connectivity index is 0.00000210. The first-order chi connectivity index (χ1) is 12.7. The molecule has 2 aromatic rings. The van der Waals surface area contributed by atoms with Crippen LogP contribution in [0.2, 0.25) is 0 Å². The average Bonchev–Trinajstić information content (AvgIpc) is 2.94. The lowest BCUT2D eigenvalue weighted by atomic mass is 10.00. The van der Waals surface area contributed by atoms with Gasteiger partial charge in [-0.15, -0.1) is 19.0 Å². The predicted molar refractivity (Wildman–Crippen MR) is 117 cm³/mol. The van der Waals surface area contributed by atoms with Gasteiger partial charge in [0.05, 0.1) is 5.52 Å². The molecule has 0 atom stereocenters. The van der Waals surface area contributed by atoms with Crippen molar-refractivity contribution < 1.29 is 0 Å². The van der Waals surface area contributed by atoms with Gasteiger partial charge in [0.1, 0.15) is 0 Å². The summed E-state index contributed by atoms with van der Waals surface area (Å²) in [5, 5.41) is 1.34. The Morgan fingerprint density at radius 3 is 2.48 bits per heavy atom. The van der Waals surface area contributed by atoms with Crippen LogP contribution in [0.5, 0.6) is 0 Å². The molecule has 0 bridgehead atoms. The molecule has 0 aliphatic carbocycles. The van der Waals surface area contributed by atoms with Crippen LogP contribution in [0, 0.1) is 13.8 Å². The lowest BCUT2D eigenvalue weighted by Crippen LogP contribution is -2.47. The third-order valence-corrected chi connectivity index (χ3v) is 6.51. The fourth-order valence-corrected chi connectivity index (χ4v) is 4.89. The molecule has 0 N–H and O–H groups in total. The van der Waals surface area contributed by atoms with E-state index in [1.807, 2.05) is 12.3 Å². The summed E-state index contributed by atoms with van der Waals surface area (Å²) in [5.74, 6) is 1.16. The predicted octanol–water partition coefficient (Wildman–Crippen LogP) is 4.72. The van der Waals surface area contributed by atoms with Crippen LogP contribution in [0.1, 0.15) is 43.4 Å². The number of hydrogen-bond donors (Lipinski definition) is 0. The first-order valence-electron chi connectivity index (χ1n) is 10.2. The van der Waals surface area contributed by atoms with Gasteiger partial charge in [-0.25, -0.2) is 4.98 Å². The van der Waals surface area contributed by atoms with Gasteiger partial charge in [-0.1, -0.05) is 12.5 Å². The van der Waals surface area contributed by atoms with E-state index in [0.717, 1.165) is 31.5 Å². The quantitative estimate of drug-likeness (QED) is 0.708. The molecular formula is C22H33ClN4. The summed E-state index contributed by atoms with van der Waals surface area (Å²) in [6, 6.07) is 2.94. The fourth-order valence-electron chi connectivity index (χ4n) is 4.89. The van der Waals surface area contributed by atoms with Crippen molar-refractivity contribution in [2.24, 2.45) is 0 Å². The van der Waals surface area contributed by atoms with Crippen molar-refractivity contribution in [3.8, 4) is 0 Å². The maximum absolute atomic E-state index is 4.82. The third kappa shape index (κ3) is 3.74. The highest BCUT2D eigenvalue weighted by molar-refractivity contribution is 5.93. The second-order valence-electron chi connectivity index (χ2n) is 7.96. The summed E-state index contributed by atoms with van der Waals surface area (Å²) in [5.41, 5.74) is 3.99. The molecule has 4 rings (SSSR count). The Labute approximate surface area is 169 Å². The molecule has 5 heteroatoms. The molecule has 2 aromatic heterocycles. The maximum atomic E-state index is 4.82. The Kier molecular flexibility index (Phi) is 6.48. The minimum Gasteiger partial charge on any atom is -0.355 e. The molecule has 0 saturated carbocycles. The van der Waals surface area contributed by atoms with Crippen LogP contribution < -0.4 is 4.90 Å². The summed E-state index contributed by atoms with van der Waals surface area (Å²) in [7, 11) is 0. The van der Waals surface area contributed by atoms with Gasteiger partial charge in [0, 0.05) is 43.0 Å². The molecule has 148 valence electrons. The topological polar surface area (TPSA) is 24.3 Å². The highest BCUT2D eigenvalue weighted by Crippen LogP contribution is 2.33. The Morgan fingerprint density at radius 1 is 1.11 bits per heavy atom. The molecule has 4 heterocycles. The number of aromatic nitrogens is 2. The van der Waals surface area contributed by atoms with Gasteiger partial charge in [0.25, 0.3) is 0 Å². The van der Waals surface area contributed by atoms with E-state index in [0.29, 0.717) is 0 Å². The van der Waals surface area contributed by atoms with Crippen LogP contribution >= 0.6 is 12.4 Å². The van der Waals surface area contributed by atoms with E-state index >= 15 is 0 Å². The van der Waals surface area contributed by atoms with Gasteiger partial charge in [-0.2, -0.15) is 0 Å². The SMILES string of the molecule is C=CCn1c(C)c(C)c2ccnc(N3CCC(N4CCCCC4)CC3)c21.Cl. The first-order valence-corrected chi connectivity index (χ1v) is 10.2. The number of pyridine rings is 1. The molecular weight excluding hydrogens is 356 g/mol. The molecule has 2 aliphatic heterocycles. The van der Waals surface area contributed by atoms with Crippen molar-refractivity contribution in [2.45, 2.75) is 58.5 Å². The monoisotopic (exact) mass is 388 g/mol. The van der Waals surface area contributed by atoms with Gasteiger partial charge >= 0.3 is 0 Å². The van der Waals surface area contributed by atoms with Gasteiger partial charge in [0.15, 0.2) is 5.82 Å². The number of rotatable bonds is 4. The number of allylic oxidation sites excluding steroid dienone is 1. The van der Waals surface area contributed by atoms with E-state index in [-0.39, 0.29) is 12.4 Å². The van der Waals surface area contributed by atoms with Crippen LogP contribution in [-0.4, -0.2) is 46.7 Å². The molecule has 2 aliphatic rings. The second-order valence-corrected chi connectivity index (χ2v) is 7.96. The van der Waals surface area contributed by atoms with Crippen molar-refractivity contribution in [1.29, 1.82) is 0 Å². The molecule has 2 fully saturated rings. The highest BCUT2D eigenvalue weighted by Gasteiger charge is 2.27. The van der Waals surface area contributed by atoms with Crippen LogP contribution in [0.25, 0.3) is 10.9 Å². The van der Waals surface area contributed by atoms with Crippen LogP contribution in [0.3, 0.4) is 0 Å². The molecule has 27 heavy (non-hydrogen) atoms. The zero-order valence-electron chi connectivity index (χ0n) is 16.8. The third-order valence-electron chi connectivity index (χ3n) is 6.51. The first kappa shape index (κ1) is 20.2. The summed E-state index contributed by atoms with van der Waals surface area (Å²) in [6.07, 6.45) is 10.7. The van der Waals surface area contributed by atoms with Crippen LogP contribution in [0.4, 0.5) is 5.82 Å². The smallest absolute Gasteiger partial charge is 0.153 e. The standard InChI is InChI=1S/C22H32N4.ClH/c1-4-12-26-18(3)17(2)20-8-11-23-22(21(20)26)25-15-9-19(10-16-25)24-13-6-5-7-14-24;/h4,8,11,19H,1,5-7,9-10,12-16H2,2-3H3;1H. The minimum absolute atomic E-state index is 0. The largest absolute Gasteiger partial charge is 0.355 e. The number of nitrogens with zero attached hydrogens (tertiary/aromatic N) is 4. The number of likely N-dealkylation sites (tertiary alicyclic amines) is 1. The number of fused-ring (bicyclic) bond motifs is 1. The summed E-state index contributed by atoms with van der Waals surface area (Å²) >= 11 is 0. The van der Waals surface area contributed by atoms with Crippen molar-refractivity contribution in [3.05, 3.63) is 36.2 Å². The number of halogens is 1. The van der Waals surface area contributed by atoms with Crippen LogP contribution in [-0.2, 0) is 6.54 Å². The lowest BCUT2D eigenvalue weighted by Gasteiger charge is -2.40. The van der Waals surface area contributed by atoms with E-state index in [1.165, 1.54) is 67.4 Å². The fraction of sp³-hybridized carbons (Fsp3) is 0.591. The number of hydrogen-bond acceptors (Lipinski definition) is 3. The zero-order valence-corrected chi connectivity index (χ0v) is 17.6. The molecule has 0 aromatic carbocycles. The number of piperidine rings is 2. The van der Waals surface area contributed by atoms with Gasteiger partial charge in [-0.3, -0.25) is 0 Å².